The summed E-state index contributed by atoms with van der Waals surface area (Å²) in [5, 5.41) is 12.9. The first-order valence-corrected chi connectivity index (χ1v) is 15.2. The number of hydrogen-bond donors (Lipinski definition) is 0. The van der Waals surface area contributed by atoms with E-state index in [1.807, 2.05) is 0 Å². The lowest BCUT2D eigenvalue weighted by Crippen LogP contribution is -2.45. The van der Waals surface area contributed by atoms with Crippen molar-refractivity contribution in [1.82, 2.24) is 14.7 Å². The Balaban J connectivity index is 2.32. The number of anilines is 1. The number of carbonyl (C=O) groups excluding carboxylic acids is 1. The Morgan fingerprint density at radius 2 is 1.71 bits per heavy atom. The van der Waals surface area contributed by atoms with Gasteiger partial charge in [0.25, 0.3) is 11.6 Å². The van der Waals surface area contributed by atoms with E-state index in [2.05, 4.69) is 48.7 Å². The number of nitro groups is 1. The summed E-state index contributed by atoms with van der Waals surface area (Å²) >= 11 is 6.74. The number of alkyl halides is 2. The second kappa shape index (κ2) is 13.1. The van der Waals surface area contributed by atoms with Crippen LogP contribution < -0.4 is 4.90 Å². The first-order valence-electron chi connectivity index (χ1n) is 11.0. The Bertz CT molecular complexity index is 965. The number of piperazine rings is 1. The molecule has 1 heterocycles. The van der Waals surface area contributed by atoms with Crippen LogP contribution in [-0.4, -0.2) is 117 Å². The number of hydrogen-bond acceptors (Lipinski definition) is 8. The molecule has 1 aromatic carbocycles. The van der Waals surface area contributed by atoms with Gasteiger partial charge in [0.1, 0.15) is 5.56 Å². The molecule has 2 rings (SSSR count). The summed E-state index contributed by atoms with van der Waals surface area (Å²) in [6.45, 7) is 6.21. The molecule has 0 radical (unpaired) electrons. The molecule has 10 nitrogen and oxygen atoms in total. The standard InChI is InChI=1S/C21H33Br2N5O5S/c1-24-11-13-26(14-12-24)8-4-7-25(2)21(29)17-15-19(27(9-5-22)10-6-23)20(34(3,32)33)16-18(17)28(30)31/h15-16H,4-14H2,1-3H3. The number of benzene rings is 1. The van der Waals surface area contributed by atoms with E-state index in [0.29, 0.717) is 36.0 Å². The summed E-state index contributed by atoms with van der Waals surface area (Å²) in [6.07, 6.45) is 1.76. The van der Waals surface area contributed by atoms with Crippen LogP contribution in [0.15, 0.2) is 17.0 Å². The monoisotopic (exact) mass is 625 g/mol. The number of halogens is 2. The Morgan fingerprint density at radius 3 is 2.21 bits per heavy atom. The summed E-state index contributed by atoms with van der Waals surface area (Å²) in [5.41, 5.74) is -0.317. The summed E-state index contributed by atoms with van der Waals surface area (Å²) in [7, 11) is -0.0609. The highest BCUT2D eigenvalue weighted by atomic mass is 79.9. The third-order valence-electron chi connectivity index (χ3n) is 5.86. The van der Waals surface area contributed by atoms with Gasteiger partial charge in [-0.3, -0.25) is 14.9 Å². The maximum absolute atomic E-state index is 13.3. The molecule has 0 atom stereocenters. The fourth-order valence-electron chi connectivity index (χ4n) is 3.89. The molecule has 0 saturated carbocycles. The second-order valence-electron chi connectivity index (χ2n) is 8.46. The average molecular weight is 627 g/mol. The third kappa shape index (κ3) is 7.87. The molecular formula is C21H33Br2N5O5S. The van der Waals surface area contributed by atoms with Crippen LogP contribution in [0.3, 0.4) is 0 Å². The van der Waals surface area contributed by atoms with Crippen LogP contribution in [0.5, 0.6) is 0 Å². The van der Waals surface area contributed by atoms with Crippen LogP contribution in [-0.2, 0) is 9.84 Å². The van der Waals surface area contributed by atoms with Crippen LogP contribution >= 0.6 is 31.9 Å². The van der Waals surface area contributed by atoms with E-state index < -0.39 is 26.4 Å². The minimum absolute atomic E-state index is 0.108. The molecule has 1 aromatic rings. The number of likely N-dealkylation sites (N-methyl/N-ethyl adjacent to an activating group) is 1. The van der Waals surface area contributed by atoms with Crippen molar-refractivity contribution in [3.05, 3.63) is 27.8 Å². The zero-order valence-electron chi connectivity index (χ0n) is 19.9. The number of rotatable bonds is 12. The van der Waals surface area contributed by atoms with Gasteiger partial charge in [-0.25, -0.2) is 8.42 Å². The summed E-state index contributed by atoms with van der Waals surface area (Å²) in [4.78, 5) is 32.1. The second-order valence-corrected chi connectivity index (χ2v) is 12.0. The van der Waals surface area contributed by atoms with E-state index >= 15 is 0 Å². The van der Waals surface area contributed by atoms with Crippen LogP contribution in [0.1, 0.15) is 16.8 Å². The summed E-state index contributed by atoms with van der Waals surface area (Å²) in [5.74, 6) is -0.496. The number of carbonyl (C=O) groups is 1. The van der Waals surface area contributed by atoms with Crippen LogP contribution in [0.2, 0.25) is 0 Å². The van der Waals surface area contributed by atoms with Gasteiger partial charge in [-0.2, -0.15) is 0 Å². The molecule has 0 bridgehead atoms. The lowest BCUT2D eigenvalue weighted by atomic mass is 10.1. The Kier molecular flexibility index (Phi) is 11.2. The van der Waals surface area contributed by atoms with Gasteiger partial charge in [0.05, 0.1) is 15.5 Å². The van der Waals surface area contributed by atoms with E-state index in [1.165, 1.54) is 11.0 Å². The Labute approximate surface area is 218 Å². The minimum Gasteiger partial charge on any atom is -0.369 e. The lowest BCUT2D eigenvalue weighted by Gasteiger charge is -2.32. The molecule has 1 fully saturated rings. The lowest BCUT2D eigenvalue weighted by molar-refractivity contribution is -0.385. The van der Waals surface area contributed by atoms with E-state index in [0.717, 1.165) is 51.5 Å². The van der Waals surface area contributed by atoms with Crippen LogP contribution in [0.25, 0.3) is 0 Å². The van der Waals surface area contributed by atoms with E-state index in [9.17, 15) is 23.3 Å². The van der Waals surface area contributed by atoms with Crippen molar-refractivity contribution in [1.29, 1.82) is 0 Å². The van der Waals surface area contributed by atoms with Gasteiger partial charge in [0.2, 0.25) is 0 Å². The topological polar surface area (TPSA) is 107 Å². The third-order valence-corrected chi connectivity index (χ3v) is 7.70. The van der Waals surface area contributed by atoms with Gasteiger partial charge in [0.15, 0.2) is 9.84 Å². The number of amides is 1. The molecule has 1 amide bonds. The molecule has 0 aromatic heterocycles. The molecule has 13 heteroatoms. The SMILES string of the molecule is CN1CCN(CCCN(C)C(=O)c2cc(N(CCBr)CCBr)c(S(C)(=O)=O)cc2[N+](=O)[O-])CC1. The van der Waals surface area contributed by atoms with Crippen molar-refractivity contribution in [2.45, 2.75) is 11.3 Å². The average Bonchev–Trinajstić information content (AvgIpc) is 2.78. The molecule has 0 unspecified atom stereocenters. The first-order chi connectivity index (χ1) is 16.0. The zero-order valence-corrected chi connectivity index (χ0v) is 23.9. The highest BCUT2D eigenvalue weighted by Crippen LogP contribution is 2.34. The largest absolute Gasteiger partial charge is 0.369 e. The quantitative estimate of drug-likeness (QED) is 0.198. The molecule has 1 aliphatic heterocycles. The fraction of sp³-hybridized carbons (Fsp3) is 0.667. The normalized spacial score (nSPS) is 15.3. The van der Waals surface area contributed by atoms with Crippen LogP contribution in [0, 0.1) is 10.1 Å². The van der Waals surface area contributed by atoms with Crippen molar-refractivity contribution in [3.8, 4) is 0 Å². The number of sulfone groups is 1. The molecular weight excluding hydrogens is 594 g/mol. The smallest absolute Gasteiger partial charge is 0.283 e. The molecule has 0 spiro atoms. The maximum atomic E-state index is 13.3. The first kappa shape index (κ1) is 29.0. The fourth-order valence-corrected chi connectivity index (χ4v) is 5.64. The summed E-state index contributed by atoms with van der Waals surface area (Å²) < 4.78 is 25.0. The van der Waals surface area contributed by atoms with E-state index in [4.69, 9.17) is 0 Å². The van der Waals surface area contributed by atoms with Crippen molar-refractivity contribution in [3.63, 3.8) is 0 Å². The molecule has 1 saturated heterocycles. The van der Waals surface area contributed by atoms with Gasteiger partial charge in [-0.05, 0) is 26.1 Å². The van der Waals surface area contributed by atoms with Crippen molar-refractivity contribution in [2.24, 2.45) is 0 Å². The number of nitro benzene ring substituents is 1. The Hall–Kier alpha value is -1.28. The van der Waals surface area contributed by atoms with E-state index in [1.54, 1.807) is 11.9 Å². The van der Waals surface area contributed by atoms with Crippen LogP contribution in [0.4, 0.5) is 11.4 Å². The van der Waals surface area contributed by atoms with Crippen molar-refractivity contribution >= 4 is 59.0 Å². The van der Waals surface area contributed by atoms with Gasteiger partial charge in [0, 0.05) is 75.8 Å². The predicted molar refractivity (Wildman–Crippen MR) is 142 cm³/mol. The zero-order chi connectivity index (χ0) is 25.5. The highest BCUT2D eigenvalue weighted by molar-refractivity contribution is 9.09. The maximum Gasteiger partial charge on any atom is 0.283 e. The molecule has 0 aliphatic carbocycles. The van der Waals surface area contributed by atoms with Gasteiger partial charge < -0.3 is 19.6 Å². The minimum atomic E-state index is -3.77. The molecule has 1 aliphatic rings. The van der Waals surface area contributed by atoms with Gasteiger partial charge >= 0.3 is 0 Å². The highest BCUT2D eigenvalue weighted by Gasteiger charge is 2.30. The van der Waals surface area contributed by atoms with Gasteiger partial charge in [-0.1, -0.05) is 31.9 Å². The number of nitrogens with zero attached hydrogens (tertiary/aromatic N) is 5. The van der Waals surface area contributed by atoms with Gasteiger partial charge in [-0.15, -0.1) is 0 Å². The summed E-state index contributed by atoms with van der Waals surface area (Å²) in [6, 6.07) is 2.38. The van der Waals surface area contributed by atoms with Crippen molar-refractivity contribution in [2.75, 3.05) is 88.3 Å². The Morgan fingerprint density at radius 1 is 1.12 bits per heavy atom. The molecule has 34 heavy (non-hydrogen) atoms. The predicted octanol–water partition coefficient (Wildman–Crippen LogP) is 2.30. The van der Waals surface area contributed by atoms with E-state index in [-0.39, 0.29) is 10.5 Å². The molecule has 0 N–H and O–H groups in total. The molecule has 192 valence electrons. The van der Waals surface area contributed by atoms with Crippen molar-refractivity contribution < 1.29 is 18.1 Å².